The number of ether oxygens (including phenoxy) is 2. The van der Waals surface area contributed by atoms with Crippen LogP contribution in [0.5, 0.6) is 0 Å². The molecule has 0 unspecified atom stereocenters. The zero-order chi connectivity index (χ0) is 23.8. The van der Waals surface area contributed by atoms with Gasteiger partial charge in [0.2, 0.25) is 5.91 Å². The summed E-state index contributed by atoms with van der Waals surface area (Å²) in [6, 6.07) is 11.9. The van der Waals surface area contributed by atoms with Gasteiger partial charge in [0.15, 0.2) is 0 Å². The molecule has 8 nitrogen and oxygen atoms in total. The molecule has 0 bridgehead atoms. The molecule has 1 amide bonds. The number of hydrogen-bond acceptors (Lipinski definition) is 7. The quantitative estimate of drug-likeness (QED) is 0.425. The van der Waals surface area contributed by atoms with Crippen LogP contribution >= 0.6 is 0 Å². The van der Waals surface area contributed by atoms with Gasteiger partial charge < -0.3 is 19.7 Å². The Labute approximate surface area is 201 Å². The lowest BCUT2D eigenvalue weighted by Crippen LogP contribution is -2.46. The van der Waals surface area contributed by atoms with Crippen LogP contribution in [0.2, 0.25) is 0 Å². The van der Waals surface area contributed by atoms with Gasteiger partial charge in [-0.3, -0.25) is 14.7 Å². The van der Waals surface area contributed by atoms with Crippen molar-refractivity contribution in [1.82, 2.24) is 20.1 Å². The lowest BCUT2D eigenvalue weighted by Gasteiger charge is -2.38. The Morgan fingerprint density at radius 3 is 2.74 bits per heavy atom. The molecular formula is C26H34N4O4. The van der Waals surface area contributed by atoms with E-state index in [1.54, 1.807) is 18.3 Å². The normalized spacial score (nSPS) is 19.9. The molecule has 182 valence electrons. The number of nitrogens with zero attached hydrogens (tertiary/aromatic N) is 3. The van der Waals surface area contributed by atoms with E-state index in [1.807, 2.05) is 24.4 Å². The minimum atomic E-state index is -0.327. The van der Waals surface area contributed by atoms with E-state index >= 15 is 0 Å². The average Bonchev–Trinajstić information content (AvgIpc) is 3.24. The first-order valence-electron chi connectivity index (χ1n) is 12.0. The Balaban J connectivity index is 1.32. The molecule has 34 heavy (non-hydrogen) atoms. The zero-order valence-corrected chi connectivity index (χ0v) is 19.8. The fourth-order valence-electron chi connectivity index (χ4n) is 4.80. The van der Waals surface area contributed by atoms with E-state index in [-0.39, 0.29) is 24.0 Å². The van der Waals surface area contributed by atoms with Gasteiger partial charge >= 0.3 is 5.97 Å². The first kappa shape index (κ1) is 24.3. The molecule has 0 aliphatic carbocycles. The van der Waals surface area contributed by atoms with Crippen molar-refractivity contribution < 1.29 is 19.1 Å². The molecule has 3 heterocycles. The van der Waals surface area contributed by atoms with Crippen molar-refractivity contribution in [2.45, 2.75) is 37.9 Å². The molecule has 1 aromatic carbocycles. The van der Waals surface area contributed by atoms with Gasteiger partial charge in [-0.05, 0) is 48.7 Å². The summed E-state index contributed by atoms with van der Waals surface area (Å²) in [5.74, 6) is -0.0854. The van der Waals surface area contributed by atoms with Gasteiger partial charge in [0.05, 0.1) is 31.9 Å². The maximum absolute atomic E-state index is 12.8. The number of carbonyl (C=O) groups excluding carboxylic acids is 2. The standard InChI is InChI=1S/C26H34N4O4/c1-33-26(32)21-6-4-20(5-7-21)17-28-12-10-23-8-9-25(31)30(23)19-24(22-3-2-11-27-18-22)29-13-15-34-16-14-29/h2-7,11,18,23-24,28H,8-10,12-17,19H2,1H3/t23-,24+/m1/s1. The van der Waals surface area contributed by atoms with Crippen molar-refractivity contribution in [3.05, 3.63) is 65.5 Å². The van der Waals surface area contributed by atoms with Crippen LogP contribution in [0, 0.1) is 0 Å². The number of rotatable bonds is 10. The van der Waals surface area contributed by atoms with Crippen molar-refractivity contribution in [3.8, 4) is 0 Å². The summed E-state index contributed by atoms with van der Waals surface area (Å²) < 4.78 is 10.3. The smallest absolute Gasteiger partial charge is 0.337 e. The van der Waals surface area contributed by atoms with Crippen LogP contribution in [0.15, 0.2) is 48.8 Å². The van der Waals surface area contributed by atoms with E-state index in [2.05, 4.69) is 26.2 Å². The summed E-state index contributed by atoms with van der Waals surface area (Å²) in [5.41, 5.74) is 2.81. The highest BCUT2D eigenvalue weighted by Gasteiger charge is 2.34. The molecule has 2 atom stereocenters. The molecule has 4 rings (SSSR count). The average molecular weight is 467 g/mol. The van der Waals surface area contributed by atoms with Crippen LogP contribution in [0.4, 0.5) is 0 Å². The number of pyridine rings is 1. The minimum Gasteiger partial charge on any atom is -0.465 e. The minimum absolute atomic E-state index is 0.128. The van der Waals surface area contributed by atoms with Crippen molar-refractivity contribution in [1.29, 1.82) is 0 Å². The van der Waals surface area contributed by atoms with Crippen LogP contribution in [-0.4, -0.2) is 79.2 Å². The summed E-state index contributed by atoms with van der Waals surface area (Å²) >= 11 is 0. The Hall–Kier alpha value is -2.81. The molecule has 0 spiro atoms. The number of carbonyl (C=O) groups is 2. The fraction of sp³-hybridized carbons (Fsp3) is 0.500. The second-order valence-corrected chi connectivity index (χ2v) is 8.84. The number of amides is 1. The number of hydrogen-bond donors (Lipinski definition) is 1. The number of aromatic nitrogens is 1. The molecule has 2 aliphatic rings. The van der Waals surface area contributed by atoms with Gasteiger partial charge in [-0.1, -0.05) is 18.2 Å². The summed E-state index contributed by atoms with van der Waals surface area (Å²) in [5, 5.41) is 3.48. The van der Waals surface area contributed by atoms with E-state index < -0.39 is 0 Å². The maximum Gasteiger partial charge on any atom is 0.337 e. The molecule has 8 heteroatoms. The molecule has 0 saturated carbocycles. The van der Waals surface area contributed by atoms with Crippen molar-refractivity contribution in [2.24, 2.45) is 0 Å². The first-order chi connectivity index (χ1) is 16.7. The van der Waals surface area contributed by atoms with Crippen LogP contribution in [-0.2, 0) is 20.8 Å². The summed E-state index contributed by atoms with van der Waals surface area (Å²) in [7, 11) is 1.38. The van der Waals surface area contributed by atoms with Crippen molar-refractivity contribution in [2.75, 3.05) is 46.5 Å². The number of nitrogens with one attached hydrogen (secondary N) is 1. The topological polar surface area (TPSA) is 84.0 Å². The zero-order valence-electron chi connectivity index (χ0n) is 19.8. The van der Waals surface area contributed by atoms with E-state index in [0.29, 0.717) is 25.1 Å². The van der Waals surface area contributed by atoms with E-state index in [9.17, 15) is 9.59 Å². The molecule has 1 aromatic heterocycles. The van der Waals surface area contributed by atoms with Crippen molar-refractivity contribution in [3.63, 3.8) is 0 Å². The lowest BCUT2D eigenvalue weighted by molar-refractivity contribution is -0.130. The molecule has 1 N–H and O–H groups in total. The molecule has 2 aliphatic heterocycles. The summed E-state index contributed by atoms with van der Waals surface area (Å²) in [6.45, 7) is 5.39. The number of methoxy groups -OCH3 is 1. The highest BCUT2D eigenvalue weighted by Crippen LogP contribution is 2.28. The summed E-state index contributed by atoms with van der Waals surface area (Å²) in [4.78, 5) is 33.2. The Morgan fingerprint density at radius 2 is 2.03 bits per heavy atom. The van der Waals surface area contributed by atoms with Crippen molar-refractivity contribution >= 4 is 11.9 Å². The largest absolute Gasteiger partial charge is 0.465 e. The first-order valence-corrected chi connectivity index (χ1v) is 12.0. The Bertz CT molecular complexity index is 932. The molecule has 0 radical (unpaired) electrons. The second-order valence-electron chi connectivity index (χ2n) is 8.84. The predicted octanol–water partition coefficient (Wildman–Crippen LogP) is 2.41. The predicted molar refractivity (Wildman–Crippen MR) is 128 cm³/mol. The van der Waals surface area contributed by atoms with Gasteiger partial charge in [-0.15, -0.1) is 0 Å². The van der Waals surface area contributed by atoms with Gasteiger partial charge in [0.1, 0.15) is 0 Å². The van der Waals surface area contributed by atoms with E-state index in [0.717, 1.165) is 56.8 Å². The highest BCUT2D eigenvalue weighted by atomic mass is 16.5. The van der Waals surface area contributed by atoms with Gasteiger partial charge in [-0.2, -0.15) is 0 Å². The lowest BCUT2D eigenvalue weighted by atomic mass is 10.0. The van der Waals surface area contributed by atoms with Crippen LogP contribution in [0.1, 0.15) is 46.8 Å². The monoisotopic (exact) mass is 466 g/mol. The van der Waals surface area contributed by atoms with Crippen LogP contribution < -0.4 is 5.32 Å². The third-order valence-electron chi connectivity index (χ3n) is 6.74. The number of morpholine rings is 1. The summed E-state index contributed by atoms with van der Waals surface area (Å²) in [6.07, 6.45) is 6.13. The highest BCUT2D eigenvalue weighted by molar-refractivity contribution is 5.89. The van der Waals surface area contributed by atoms with Gasteiger partial charge in [0.25, 0.3) is 0 Å². The molecular weight excluding hydrogens is 432 g/mol. The SMILES string of the molecule is COC(=O)c1ccc(CNCC[C@H]2CCC(=O)N2C[C@@H](c2cccnc2)N2CCOCC2)cc1. The molecule has 2 fully saturated rings. The number of benzene rings is 1. The Morgan fingerprint density at radius 1 is 1.24 bits per heavy atom. The van der Waals surface area contributed by atoms with Gasteiger partial charge in [-0.25, -0.2) is 4.79 Å². The Kier molecular flexibility index (Phi) is 8.62. The molecule has 2 saturated heterocycles. The van der Waals surface area contributed by atoms with E-state index in [4.69, 9.17) is 9.47 Å². The second kappa shape index (κ2) is 12.1. The molecule has 2 aromatic rings. The third kappa shape index (κ3) is 6.20. The maximum atomic E-state index is 12.8. The number of esters is 1. The van der Waals surface area contributed by atoms with Gasteiger partial charge in [0, 0.05) is 51.0 Å². The number of likely N-dealkylation sites (tertiary alicyclic amines) is 1. The fourth-order valence-corrected chi connectivity index (χ4v) is 4.80. The van der Waals surface area contributed by atoms with Crippen LogP contribution in [0.25, 0.3) is 0 Å². The van der Waals surface area contributed by atoms with E-state index in [1.165, 1.54) is 7.11 Å². The van der Waals surface area contributed by atoms with Crippen LogP contribution in [0.3, 0.4) is 0 Å². The third-order valence-corrected chi connectivity index (χ3v) is 6.74.